The smallest absolute Gasteiger partial charge is 0.334 e. The second kappa shape index (κ2) is 5.65. The second-order valence-corrected chi connectivity index (χ2v) is 10.8. The van der Waals surface area contributed by atoms with Gasteiger partial charge in [0.15, 0.2) is 5.60 Å². The molecule has 0 N–H and O–H groups in total. The maximum absolute atomic E-state index is 12.3. The topological polar surface area (TPSA) is 77.7 Å². The van der Waals surface area contributed by atoms with E-state index in [9.17, 15) is 9.59 Å². The monoisotopic (exact) mass is 466 g/mol. The van der Waals surface area contributed by atoms with Crippen molar-refractivity contribution in [3.8, 4) is 0 Å². The van der Waals surface area contributed by atoms with Crippen molar-refractivity contribution >= 4 is 27.9 Å². The van der Waals surface area contributed by atoms with Crippen molar-refractivity contribution in [2.24, 2.45) is 23.2 Å². The van der Waals surface area contributed by atoms with Crippen molar-refractivity contribution in [1.82, 2.24) is 0 Å². The molecule has 0 bridgehead atoms. The minimum Gasteiger partial charge on any atom is -0.458 e. The molecule has 2 spiro atoms. The molecule has 3 aliphatic heterocycles. The third kappa shape index (κ3) is 2.01. The van der Waals surface area contributed by atoms with Crippen LogP contribution in [0.5, 0.6) is 0 Å². The number of rotatable bonds is 3. The molecule has 0 amide bonds. The maximum atomic E-state index is 12.3. The molecule has 2 saturated carbocycles. The van der Waals surface area contributed by atoms with Gasteiger partial charge in [0.1, 0.15) is 23.6 Å². The van der Waals surface area contributed by atoms with Crippen LogP contribution in [-0.2, 0) is 28.5 Å². The maximum Gasteiger partial charge on any atom is 0.334 e. The predicted octanol–water partition coefficient (Wildman–Crippen LogP) is 2.92. The molecule has 158 valence electrons. The number of alkyl halides is 1. The molecule has 6 nitrogen and oxygen atoms in total. The van der Waals surface area contributed by atoms with Crippen LogP contribution in [-0.4, -0.2) is 53.4 Å². The van der Waals surface area contributed by atoms with Crippen LogP contribution in [0.2, 0.25) is 0 Å². The van der Waals surface area contributed by atoms with Crippen LogP contribution in [0.25, 0.3) is 0 Å². The normalized spacial score (nSPS) is 51.3. The molecule has 0 radical (unpaired) electrons. The molecule has 4 fully saturated rings. The van der Waals surface area contributed by atoms with E-state index in [0.29, 0.717) is 12.5 Å². The first-order valence-electron chi connectivity index (χ1n) is 10.8. The molecular weight excluding hydrogens is 440 g/mol. The van der Waals surface area contributed by atoms with E-state index in [2.05, 4.69) is 36.7 Å². The van der Waals surface area contributed by atoms with Gasteiger partial charge in [-0.05, 0) is 43.1 Å². The van der Waals surface area contributed by atoms with E-state index in [1.165, 1.54) is 0 Å². The van der Waals surface area contributed by atoms with Crippen molar-refractivity contribution < 1.29 is 28.5 Å². The zero-order valence-corrected chi connectivity index (χ0v) is 18.6. The number of ether oxygens (including phenoxy) is 4. The molecule has 3 heterocycles. The first-order valence-corrected chi connectivity index (χ1v) is 11.9. The van der Waals surface area contributed by atoms with Gasteiger partial charge in [0, 0.05) is 16.9 Å². The third-order valence-electron chi connectivity index (χ3n) is 8.96. The van der Waals surface area contributed by atoms with E-state index in [4.69, 9.17) is 18.9 Å². The van der Waals surface area contributed by atoms with Crippen LogP contribution in [0, 0.1) is 23.2 Å². The van der Waals surface area contributed by atoms with E-state index < -0.39 is 11.2 Å². The Morgan fingerprint density at radius 2 is 2.07 bits per heavy atom. The molecule has 29 heavy (non-hydrogen) atoms. The van der Waals surface area contributed by atoms with Crippen LogP contribution in [0.4, 0.5) is 0 Å². The van der Waals surface area contributed by atoms with E-state index in [1.807, 2.05) is 0 Å². The van der Waals surface area contributed by atoms with Crippen molar-refractivity contribution in [2.45, 2.75) is 76.0 Å². The average molecular weight is 467 g/mol. The van der Waals surface area contributed by atoms with E-state index in [1.54, 1.807) is 0 Å². The molecule has 8 unspecified atom stereocenters. The number of epoxide rings is 2. The number of carbonyl (C=O) groups excluding carboxylic acids is 2. The largest absolute Gasteiger partial charge is 0.458 e. The number of carbonyl (C=O) groups is 2. The highest BCUT2D eigenvalue weighted by atomic mass is 79.9. The van der Waals surface area contributed by atoms with Gasteiger partial charge in [-0.3, -0.25) is 4.79 Å². The Labute approximate surface area is 178 Å². The van der Waals surface area contributed by atoms with Gasteiger partial charge in [-0.2, -0.15) is 0 Å². The number of hydrogen-bond acceptors (Lipinski definition) is 6. The molecule has 0 aromatic heterocycles. The Kier molecular flexibility index (Phi) is 3.67. The van der Waals surface area contributed by atoms with Crippen molar-refractivity contribution in [3.63, 3.8) is 0 Å². The third-order valence-corrected chi connectivity index (χ3v) is 9.42. The highest BCUT2D eigenvalue weighted by Gasteiger charge is 2.93. The van der Waals surface area contributed by atoms with Gasteiger partial charge in [-0.15, -0.1) is 0 Å². The number of hydrogen-bond donors (Lipinski definition) is 0. The van der Waals surface area contributed by atoms with Crippen LogP contribution in [0.15, 0.2) is 11.1 Å². The minimum absolute atomic E-state index is 0.00259. The Hall–Kier alpha value is -0.920. The predicted molar refractivity (Wildman–Crippen MR) is 105 cm³/mol. The van der Waals surface area contributed by atoms with Crippen molar-refractivity contribution in [1.29, 1.82) is 0 Å². The van der Waals surface area contributed by atoms with Gasteiger partial charge in [-0.25, -0.2) is 4.79 Å². The van der Waals surface area contributed by atoms with E-state index >= 15 is 0 Å². The lowest BCUT2D eigenvalue weighted by Crippen LogP contribution is -2.67. The lowest BCUT2D eigenvalue weighted by atomic mass is 9.46. The highest BCUT2D eigenvalue weighted by Crippen LogP contribution is 2.79. The zero-order valence-electron chi connectivity index (χ0n) is 17.0. The lowest BCUT2D eigenvalue weighted by molar-refractivity contribution is -0.165. The SMILES string of the molecule is CC(C)C1CC2OC23C2(C)CCC4=C(COC4=O)C2CC2OC23C1OC(=O)CBr. The summed E-state index contributed by atoms with van der Waals surface area (Å²) in [6.07, 6.45) is 3.20. The number of cyclic esters (lactones) is 1. The molecule has 2 saturated heterocycles. The summed E-state index contributed by atoms with van der Waals surface area (Å²) in [5, 5.41) is 0.182. The summed E-state index contributed by atoms with van der Waals surface area (Å²) in [5.41, 5.74) is 0.928. The summed E-state index contributed by atoms with van der Waals surface area (Å²) >= 11 is 3.25. The van der Waals surface area contributed by atoms with Gasteiger partial charge in [0.05, 0.1) is 12.2 Å². The molecule has 8 atom stereocenters. The molecule has 0 aromatic carbocycles. The zero-order chi connectivity index (χ0) is 20.3. The summed E-state index contributed by atoms with van der Waals surface area (Å²) in [5.74, 6) is 0.435. The second-order valence-electron chi connectivity index (χ2n) is 10.2. The van der Waals surface area contributed by atoms with Gasteiger partial charge in [0.25, 0.3) is 0 Å². The van der Waals surface area contributed by atoms with Crippen LogP contribution < -0.4 is 0 Å². The molecule has 3 aliphatic carbocycles. The summed E-state index contributed by atoms with van der Waals surface area (Å²) in [7, 11) is 0. The van der Waals surface area contributed by atoms with Gasteiger partial charge in [0.2, 0.25) is 0 Å². The Morgan fingerprint density at radius 1 is 1.28 bits per heavy atom. The summed E-state index contributed by atoms with van der Waals surface area (Å²) < 4.78 is 24.6. The summed E-state index contributed by atoms with van der Waals surface area (Å²) in [4.78, 5) is 24.5. The molecule has 6 rings (SSSR count). The van der Waals surface area contributed by atoms with Crippen molar-refractivity contribution in [2.75, 3.05) is 11.9 Å². The first-order chi connectivity index (χ1) is 13.8. The van der Waals surface area contributed by atoms with Crippen LogP contribution in [0.3, 0.4) is 0 Å². The Morgan fingerprint density at radius 3 is 2.79 bits per heavy atom. The molecular formula is C22H27BrO6. The van der Waals surface area contributed by atoms with E-state index in [0.717, 1.165) is 36.8 Å². The van der Waals surface area contributed by atoms with Gasteiger partial charge >= 0.3 is 11.9 Å². The molecule has 7 heteroatoms. The molecule has 6 aliphatic rings. The quantitative estimate of drug-likeness (QED) is 0.361. The first kappa shape index (κ1) is 18.8. The van der Waals surface area contributed by atoms with Gasteiger partial charge < -0.3 is 18.9 Å². The average Bonchev–Trinajstić information content (AvgIpc) is 3.56. The Bertz CT molecular complexity index is 852. The van der Waals surface area contributed by atoms with E-state index in [-0.39, 0.29) is 52.8 Å². The van der Waals surface area contributed by atoms with Gasteiger partial charge in [-0.1, -0.05) is 36.7 Å². The highest BCUT2D eigenvalue weighted by molar-refractivity contribution is 9.09. The van der Waals surface area contributed by atoms with Crippen molar-refractivity contribution in [3.05, 3.63) is 11.1 Å². The number of esters is 2. The Balaban J connectivity index is 1.44. The fourth-order valence-electron chi connectivity index (χ4n) is 7.59. The fraction of sp³-hybridized carbons (Fsp3) is 0.818. The van der Waals surface area contributed by atoms with Crippen LogP contribution >= 0.6 is 15.9 Å². The molecule has 0 aromatic rings. The number of halogens is 1. The summed E-state index contributed by atoms with van der Waals surface area (Å²) in [6, 6.07) is 0. The lowest BCUT2D eigenvalue weighted by Gasteiger charge is -2.54. The minimum atomic E-state index is -0.546. The van der Waals surface area contributed by atoms with Crippen LogP contribution in [0.1, 0.15) is 46.5 Å². The number of fused-ring (bicyclic) bond motifs is 2. The fourth-order valence-corrected chi connectivity index (χ4v) is 7.73. The summed E-state index contributed by atoms with van der Waals surface area (Å²) in [6.45, 7) is 7.10. The standard InChI is InChI=1S/C22H27BrO6/c1-10(2)12-6-16-22(29-16)20(3)5-4-11-13(9-26-19(11)25)14(20)7-15-21(22,28-15)18(12)27-17(24)8-23/h10,12,14-16,18H,4-9H2,1-3H3.